The van der Waals surface area contributed by atoms with Gasteiger partial charge >= 0.3 is 0 Å². The summed E-state index contributed by atoms with van der Waals surface area (Å²) in [6, 6.07) is 0.970. The van der Waals surface area contributed by atoms with Crippen molar-refractivity contribution in [1.29, 1.82) is 0 Å². The van der Waals surface area contributed by atoms with Crippen molar-refractivity contribution in [2.75, 3.05) is 20.3 Å². The van der Waals surface area contributed by atoms with Crippen LogP contribution in [0.5, 0.6) is 0 Å². The largest absolute Gasteiger partial charge is 0.385 e. The monoisotopic (exact) mass is 200 g/mol. The molecule has 0 spiro atoms. The third-order valence-electron chi connectivity index (χ3n) is 3.06. The van der Waals surface area contributed by atoms with Gasteiger partial charge in [0.25, 0.3) is 0 Å². The van der Waals surface area contributed by atoms with Crippen LogP contribution in [-0.2, 0) is 4.74 Å². The van der Waals surface area contributed by atoms with Crippen LogP contribution in [0.1, 0.15) is 33.1 Å². The van der Waals surface area contributed by atoms with Crippen molar-refractivity contribution >= 4 is 0 Å². The zero-order valence-electron chi connectivity index (χ0n) is 9.68. The van der Waals surface area contributed by atoms with Gasteiger partial charge in [-0.15, -0.1) is 0 Å². The van der Waals surface area contributed by atoms with Crippen molar-refractivity contribution in [2.24, 2.45) is 11.1 Å². The summed E-state index contributed by atoms with van der Waals surface area (Å²) in [5.74, 6) is 0. The molecule has 14 heavy (non-hydrogen) atoms. The van der Waals surface area contributed by atoms with E-state index in [-0.39, 0.29) is 6.04 Å². The van der Waals surface area contributed by atoms with Gasteiger partial charge in [0.2, 0.25) is 0 Å². The Hall–Kier alpha value is -0.120. The van der Waals surface area contributed by atoms with E-state index in [1.807, 2.05) is 0 Å². The van der Waals surface area contributed by atoms with Crippen LogP contribution < -0.4 is 11.1 Å². The predicted octanol–water partition coefficient (Wildman–Crippen LogP) is 1.13. The highest BCUT2D eigenvalue weighted by atomic mass is 16.5. The van der Waals surface area contributed by atoms with E-state index < -0.39 is 0 Å². The molecule has 1 rings (SSSR count). The third-order valence-corrected chi connectivity index (χ3v) is 3.06. The van der Waals surface area contributed by atoms with E-state index in [0.29, 0.717) is 11.5 Å². The number of hydrogen-bond donors (Lipinski definition) is 2. The molecule has 0 heterocycles. The minimum Gasteiger partial charge on any atom is -0.385 e. The Morgan fingerprint density at radius 2 is 2.21 bits per heavy atom. The molecule has 0 bridgehead atoms. The molecule has 84 valence electrons. The van der Waals surface area contributed by atoms with Gasteiger partial charge in [-0.3, -0.25) is 0 Å². The zero-order chi connectivity index (χ0) is 10.6. The van der Waals surface area contributed by atoms with Crippen LogP contribution in [0.4, 0.5) is 0 Å². The lowest BCUT2D eigenvalue weighted by molar-refractivity contribution is 0.190. The SMILES string of the molecule is COCCCC(N)CNC1CC1(C)C. The molecule has 0 aromatic carbocycles. The van der Waals surface area contributed by atoms with Gasteiger partial charge in [0.1, 0.15) is 0 Å². The number of ether oxygens (including phenoxy) is 1. The first kappa shape index (κ1) is 12.0. The molecule has 1 saturated carbocycles. The highest BCUT2D eigenvalue weighted by molar-refractivity contribution is 5.01. The van der Waals surface area contributed by atoms with Gasteiger partial charge in [-0.1, -0.05) is 13.8 Å². The lowest BCUT2D eigenvalue weighted by Gasteiger charge is -2.13. The first-order valence-electron chi connectivity index (χ1n) is 5.54. The minimum atomic E-state index is 0.279. The summed E-state index contributed by atoms with van der Waals surface area (Å²) in [5.41, 5.74) is 6.47. The van der Waals surface area contributed by atoms with Crippen molar-refractivity contribution in [3.63, 3.8) is 0 Å². The molecule has 1 fully saturated rings. The van der Waals surface area contributed by atoms with E-state index >= 15 is 0 Å². The molecule has 3 heteroatoms. The molecule has 1 aliphatic rings. The number of methoxy groups -OCH3 is 1. The van der Waals surface area contributed by atoms with Gasteiger partial charge in [-0.25, -0.2) is 0 Å². The molecular weight excluding hydrogens is 176 g/mol. The molecule has 3 nitrogen and oxygen atoms in total. The van der Waals surface area contributed by atoms with E-state index in [1.165, 1.54) is 6.42 Å². The average Bonchev–Trinajstić information content (AvgIpc) is 2.71. The number of nitrogens with one attached hydrogen (secondary N) is 1. The first-order valence-corrected chi connectivity index (χ1v) is 5.54. The summed E-state index contributed by atoms with van der Waals surface area (Å²) < 4.78 is 4.99. The lowest BCUT2D eigenvalue weighted by atomic mass is 10.1. The average molecular weight is 200 g/mol. The molecule has 0 saturated heterocycles. The maximum absolute atomic E-state index is 5.96. The van der Waals surface area contributed by atoms with E-state index in [0.717, 1.165) is 26.0 Å². The maximum Gasteiger partial charge on any atom is 0.0462 e. The van der Waals surface area contributed by atoms with E-state index in [9.17, 15) is 0 Å². The summed E-state index contributed by atoms with van der Waals surface area (Å²) in [5, 5.41) is 3.51. The third kappa shape index (κ3) is 3.95. The summed E-state index contributed by atoms with van der Waals surface area (Å²) in [6.45, 7) is 6.35. The van der Waals surface area contributed by atoms with Crippen molar-refractivity contribution in [2.45, 2.75) is 45.2 Å². The summed E-state index contributed by atoms with van der Waals surface area (Å²) in [7, 11) is 1.73. The molecule has 3 N–H and O–H groups in total. The smallest absolute Gasteiger partial charge is 0.0462 e. The fraction of sp³-hybridized carbons (Fsp3) is 1.00. The first-order chi connectivity index (χ1) is 6.56. The Bertz CT molecular complexity index is 171. The Morgan fingerprint density at radius 3 is 2.71 bits per heavy atom. The molecular formula is C11H24N2O. The second-order valence-electron chi connectivity index (χ2n) is 5.05. The maximum atomic E-state index is 5.96. The summed E-state index contributed by atoms with van der Waals surface area (Å²) in [6.07, 6.45) is 3.40. The summed E-state index contributed by atoms with van der Waals surface area (Å²) >= 11 is 0. The Kier molecular flexibility index (Phi) is 4.35. The number of rotatable bonds is 7. The topological polar surface area (TPSA) is 47.3 Å². The molecule has 0 aromatic heterocycles. The van der Waals surface area contributed by atoms with Crippen LogP contribution >= 0.6 is 0 Å². The van der Waals surface area contributed by atoms with Crippen molar-refractivity contribution < 1.29 is 4.74 Å². The molecule has 0 radical (unpaired) electrons. The quantitative estimate of drug-likeness (QED) is 0.606. The second-order valence-corrected chi connectivity index (χ2v) is 5.05. The van der Waals surface area contributed by atoms with Crippen LogP contribution in [0.15, 0.2) is 0 Å². The molecule has 1 aliphatic carbocycles. The minimum absolute atomic E-state index is 0.279. The number of nitrogens with two attached hydrogens (primary N) is 1. The normalized spacial score (nSPS) is 26.1. The van der Waals surface area contributed by atoms with Gasteiger partial charge in [0.15, 0.2) is 0 Å². The lowest BCUT2D eigenvalue weighted by Crippen LogP contribution is -2.36. The standard InChI is InChI=1S/C11H24N2O/c1-11(2)7-10(11)13-8-9(12)5-4-6-14-3/h9-10,13H,4-8,12H2,1-3H3. The number of hydrogen-bond acceptors (Lipinski definition) is 3. The summed E-state index contributed by atoms with van der Waals surface area (Å²) in [4.78, 5) is 0. The molecule has 2 unspecified atom stereocenters. The Labute approximate surface area is 87.4 Å². The van der Waals surface area contributed by atoms with Crippen molar-refractivity contribution in [3.05, 3.63) is 0 Å². The molecule has 2 atom stereocenters. The second kappa shape index (κ2) is 5.10. The highest BCUT2D eigenvalue weighted by Gasteiger charge is 2.45. The van der Waals surface area contributed by atoms with Gasteiger partial charge in [-0.05, 0) is 24.7 Å². The Balaban J connectivity index is 1.96. The predicted molar refractivity (Wildman–Crippen MR) is 59.3 cm³/mol. The van der Waals surface area contributed by atoms with Gasteiger partial charge < -0.3 is 15.8 Å². The van der Waals surface area contributed by atoms with Gasteiger partial charge in [0.05, 0.1) is 0 Å². The van der Waals surface area contributed by atoms with Crippen LogP contribution in [0.25, 0.3) is 0 Å². The van der Waals surface area contributed by atoms with Crippen LogP contribution in [-0.4, -0.2) is 32.3 Å². The fourth-order valence-corrected chi connectivity index (χ4v) is 1.70. The highest BCUT2D eigenvalue weighted by Crippen LogP contribution is 2.44. The Morgan fingerprint density at radius 1 is 1.57 bits per heavy atom. The van der Waals surface area contributed by atoms with Crippen LogP contribution in [0, 0.1) is 5.41 Å². The van der Waals surface area contributed by atoms with Gasteiger partial charge in [0, 0.05) is 32.3 Å². The van der Waals surface area contributed by atoms with Crippen molar-refractivity contribution in [3.8, 4) is 0 Å². The fourth-order valence-electron chi connectivity index (χ4n) is 1.70. The van der Waals surface area contributed by atoms with Crippen LogP contribution in [0.2, 0.25) is 0 Å². The van der Waals surface area contributed by atoms with Gasteiger partial charge in [-0.2, -0.15) is 0 Å². The molecule has 0 amide bonds. The van der Waals surface area contributed by atoms with E-state index in [1.54, 1.807) is 7.11 Å². The zero-order valence-corrected chi connectivity index (χ0v) is 9.68. The molecule has 0 aromatic rings. The van der Waals surface area contributed by atoms with E-state index in [4.69, 9.17) is 10.5 Å². The van der Waals surface area contributed by atoms with Crippen molar-refractivity contribution in [1.82, 2.24) is 5.32 Å². The van der Waals surface area contributed by atoms with E-state index in [2.05, 4.69) is 19.2 Å². The molecule has 0 aliphatic heterocycles. The van der Waals surface area contributed by atoms with Crippen LogP contribution in [0.3, 0.4) is 0 Å².